The molecule has 2 aromatic rings. The lowest BCUT2D eigenvalue weighted by Crippen LogP contribution is -2.20. The Hall–Kier alpha value is -2.21. The molecule has 3 rings (SSSR count). The maximum Gasteiger partial charge on any atom is 0.244 e. The monoisotopic (exact) mass is 285 g/mol. The molecule has 1 aromatic carbocycles. The maximum absolute atomic E-state index is 5.56. The molecule has 1 fully saturated rings. The molecular formula is C15H19N5O. The number of anilines is 3. The Morgan fingerprint density at radius 1 is 1.29 bits per heavy atom. The van der Waals surface area contributed by atoms with Crippen molar-refractivity contribution in [3.8, 4) is 0 Å². The number of hydrogen-bond acceptors (Lipinski definition) is 6. The molecule has 0 saturated carbocycles. The second kappa shape index (κ2) is 6.49. The van der Waals surface area contributed by atoms with Crippen molar-refractivity contribution in [3.05, 3.63) is 36.0 Å². The van der Waals surface area contributed by atoms with E-state index in [2.05, 4.69) is 32.7 Å². The lowest BCUT2D eigenvalue weighted by Gasteiger charge is -2.11. The van der Waals surface area contributed by atoms with Gasteiger partial charge in [0.15, 0.2) is 5.82 Å². The Kier molecular flexibility index (Phi) is 4.25. The van der Waals surface area contributed by atoms with Gasteiger partial charge in [0.05, 0.1) is 12.3 Å². The molecular weight excluding hydrogens is 266 g/mol. The van der Waals surface area contributed by atoms with Gasteiger partial charge in [0.25, 0.3) is 0 Å². The van der Waals surface area contributed by atoms with Crippen LogP contribution >= 0.6 is 0 Å². The van der Waals surface area contributed by atoms with E-state index in [0.29, 0.717) is 11.8 Å². The first-order chi connectivity index (χ1) is 10.3. The molecule has 1 aliphatic heterocycles. The van der Waals surface area contributed by atoms with Crippen molar-refractivity contribution in [1.82, 2.24) is 15.2 Å². The molecule has 6 heteroatoms. The predicted octanol–water partition coefficient (Wildman–Crippen LogP) is 2.51. The van der Waals surface area contributed by atoms with E-state index >= 15 is 0 Å². The number of aromatic nitrogens is 3. The van der Waals surface area contributed by atoms with E-state index in [1.165, 1.54) is 5.56 Å². The summed E-state index contributed by atoms with van der Waals surface area (Å²) in [5.74, 6) is 1.19. The van der Waals surface area contributed by atoms with Crippen LogP contribution in [0.3, 0.4) is 0 Å². The Bertz CT molecular complexity index is 581. The zero-order chi connectivity index (χ0) is 14.5. The molecule has 1 aromatic heterocycles. The lowest BCUT2D eigenvalue weighted by atomic mass is 10.2. The highest BCUT2D eigenvalue weighted by Crippen LogP contribution is 2.16. The van der Waals surface area contributed by atoms with Gasteiger partial charge in [-0.05, 0) is 31.9 Å². The summed E-state index contributed by atoms with van der Waals surface area (Å²) < 4.78 is 5.56. The maximum atomic E-state index is 5.56. The second-order valence-corrected chi connectivity index (χ2v) is 5.17. The third-order valence-corrected chi connectivity index (χ3v) is 3.39. The Balaban J connectivity index is 1.60. The molecule has 0 spiro atoms. The van der Waals surface area contributed by atoms with Crippen LogP contribution < -0.4 is 10.6 Å². The zero-order valence-corrected chi connectivity index (χ0v) is 12.0. The normalized spacial score (nSPS) is 17.7. The molecule has 6 nitrogen and oxygen atoms in total. The molecule has 1 unspecified atom stereocenters. The summed E-state index contributed by atoms with van der Waals surface area (Å²) in [5, 5.41) is 14.3. The molecule has 21 heavy (non-hydrogen) atoms. The van der Waals surface area contributed by atoms with Crippen molar-refractivity contribution in [2.75, 3.05) is 23.8 Å². The Morgan fingerprint density at radius 2 is 2.14 bits per heavy atom. The lowest BCUT2D eigenvalue weighted by molar-refractivity contribution is 0.120. The van der Waals surface area contributed by atoms with Gasteiger partial charge in [0.2, 0.25) is 5.95 Å². The zero-order valence-electron chi connectivity index (χ0n) is 12.0. The van der Waals surface area contributed by atoms with Crippen molar-refractivity contribution in [1.29, 1.82) is 0 Å². The molecule has 0 bridgehead atoms. The number of ether oxygens (including phenoxy) is 1. The van der Waals surface area contributed by atoms with Crippen molar-refractivity contribution in [2.45, 2.75) is 25.9 Å². The first-order valence-electron chi connectivity index (χ1n) is 7.18. The fourth-order valence-electron chi connectivity index (χ4n) is 2.23. The topological polar surface area (TPSA) is 72.0 Å². The van der Waals surface area contributed by atoms with Crippen LogP contribution in [-0.4, -0.2) is 34.4 Å². The van der Waals surface area contributed by atoms with E-state index in [4.69, 9.17) is 4.74 Å². The van der Waals surface area contributed by atoms with E-state index in [-0.39, 0.29) is 6.10 Å². The third-order valence-electron chi connectivity index (χ3n) is 3.39. The summed E-state index contributed by atoms with van der Waals surface area (Å²) in [6, 6.07) is 8.12. The predicted molar refractivity (Wildman–Crippen MR) is 81.8 cm³/mol. The van der Waals surface area contributed by atoms with Crippen LogP contribution in [-0.2, 0) is 4.74 Å². The minimum Gasteiger partial charge on any atom is -0.376 e. The van der Waals surface area contributed by atoms with Gasteiger partial charge >= 0.3 is 0 Å². The fourth-order valence-corrected chi connectivity index (χ4v) is 2.23. The van der Waals surface area contributed by atoms with Crippen molar-refractivity contribution in [2.24, 2.45) is 0 Å². The van der Waals surface area contributed by atoms with Gasteiger partial charge in [-0.2, -0.15) is 10.1 Å². The average Bonchev–Trinajstić information content (AvgIpc) is 3.01. The van der Waals surface area contributed by atoms with Gasteiger partial charge in [0.1, 0.15) is 0 Å². The molecule has 0 aliphatic carbocycles. The number of benzene rings is 1. The van der Waals surface area contributed by atoms with E-state index in [1.807, 2.05) is 24.3 Å². The number of nitrogens with one attached hydrogen (secondary N) is 2. The molecule has 2 N–H and O–H groups in total. The SMILES string of the molecule is Cc1ccc(Nc2cnnc(NCC3CCCO3)n2)cc1. The first kappa shape index (κ1) is 13.8. The fraction of sp³-hybridized carbons (Fsp3) is 0.400. The van der Waals surface area contributed by atoms with Gasteiger partial charge in [-0.3, -0.25) is 0 Å². The van der Waals surface area contributed by atoms with Crippen LogP contribution in [0, 0.1) is 6.92 Å². The minimum absolute atomic E-state index is 0.252. The molecule has 1 atom stereocenters. The summed E-state index contributed by atoms with van der Waals surface area (Å²) in [7, 11) is 0. The summed E-state index contributed by atoms with van der Waals surface area (Å²) in [5.41, 5.74) is 2.20. The van der Waals surface area contributed by atoms with E-state index in [0.717, 1.165) is 31.7 Å². The second-order valence-electron chi connectivity index (χ2n) is 5.17. The molecule has 0 amide bonds. The minimum atomic E-state index is 0.252. The van der Waals surface area contributed by atoms with Crippen molar-refractivity contribution >= 4 is 17.5 Å². The van der Waals surface area contributed by atoms with Crippen LogP contribution in [0.15, 0.2) is 30.5 Å². The van der Waals surface area contributed by atoms with Crippen LogP contribution in [0.1, 0.15) is 18.4 Å². The summed E-state index contributed by atoms with van der Waals surface area (Å²) in [6.45, 7) is 3.62. The average molecular weight is 285 g/mol. The van der Waals surface area contributed by atoms with Crippen molar-refractivity contribution in [3.63, 3.8) is 0 Å². The summed E-state index contributed by atoms with van der Waals surface area (Å²) in [6.07, 6.45) is 4.07. The highest BCUT2D eigenvalue weighted by atomic mass is 16.5. The Morgan fingerprint density at radius 3 is 2.90 bits per heavy atom. The number of nitrogens with zero attached hydrogens (tertiary/aromatic N) is 3. The smallest absolute Gasteiger partial charge is 0.244 e. The molecule has 110 valence electrons. The van der Waals surface area contributed by atoms with Gasteiger partial charge in [0, 0.05) is 18.8 Å². The largest absolute Gasteiger partial charge is 0.376 e. The van der Waals surface area contributed by atoms with Gasteiger partial charge < -0.3 is 15.4 Å². The van der Waals surface area contributed by atoms with E-state index in [9.17, 15) is 0 Å². The van der Waals surface area contributed by atoms with Gasteiger partial charge in [-0.15, -0.1) is 5.10 Å². The van der Waals surface area contributed by atoms with Crippen molar-refractivity contribution < 1.29 is 4.74 Å². The third kappa shape index (κ3) is 3.88. The Labute approximate surface area is 124 Å². The summed E-state index contributed by atoms with van der Waals surface area (Å²) >= 11 is 0. The summed E-state index contributed by atoms with van der Waals surface area (Å²) in [4.78, 5) is 4.40. The van der Waals surface area contributed by atoms with Crippen LogP contribution in [0.5, 0.6) is 0 Å². The van der Waals surface area contributed by atoms with Gasteiger partial charge in [-0.25, -0.2) is 0 Å². The van der Waals surface area contributed by atoms with E-state index in [1.54, 1.807) is 6.20 Å². The molecule has 1 aliphatic rings. The van der Waals surface area contributed by atoms with Crippen LogP contribution in [0.4, 0.5) is 17.5 Å². The molecule has 0 radical (unpaired) electrons. The number of rotatable bonds is 5. The van der Waals surface area contributed by atoms with E-state index < -0.39 is 0 Å². The highest BCUT2D eigenvalue weighted by Gasteiger charge is 2.15. The van der Waals surface area contributed by atoms with Gasteiger partial charge in [-0.1, -0.05) is 17.7 Å². The first-order valence-corrected chi connectivity index (χ1v) is 7.18. The van der Waals surface area contributed by atoms with Crippen LogP contribution in [0.25, 0.3) is 0 Å². The number of aryl methyl sites for hydroxylation is 1. The highest BCUT2D eigenvalue weighted by molar-refractivity contribution is 5.56. The quantitative estimate of drug-likeness (QED) is 0.879. The molecule has 2 heterocycles. The standard InChI is InChI=1S/C15H19N5O/c1-11-4-6-12(7-5-11)18-14-10-17-20-15(19-14)16-9-13-3-2-8-21-13/h4-7,10,13H,2-3,8-9H2,1H3,(H2,16,18,19,20). The number of hydrogen-bond donors (Lipinski definition) is 2. The molecule has 1 saturated heterocycles. The van der Waals surface area contributed by atoms with Crippen LogP contribution in [0.2, 0.25) is 0 Å².